The molecular weight excluding hydrogens is 873 g/mol. The molecule has 0 rings (SSSR count). The normalized spacial score (nSPS) is 13.0. The lowest BCUT2D eigenvalue weighted by atomic mass is 9.89. The van der Waals surface area contributed by atoms with Crippen molar-refractivity contribution in [2.45, 2.75) is 359 Å². The molecule has 430 valence electrons. The summed E-state index contributed by atoms with van der Waals surface area (Å²) in [6.07, 6.45) is 54.3. The zero-order valence-electron chi connectivity index (χ0n) is 51.6. The third-order valence-corrected chi connectivity index (χ3v) is 14.5. The highest BCUT2D eigenvalue weighted by Gasteiger charge is 2.42. The fourth-order valence-corrected chi connectivity index (χ4v) is 9.76. The fourth-order valence-electron chi connectivity index (χ4n) is 9.76. The molecule has 0 amide bonds. The number of methoxy groups -OCH3 is 1. The molecule has 5 heteroatoms. The van der Waals surface area contributed by atoms with E-state index in [0.29, 0.717) is 36.1 Å². The van der Waals surface area contributed by atoms with Crippen LogP contribution in [0.5, 0.6) is 0 Å². The van der Waals surface area contributed by atoms with Crippen LogP contribution in [0.2, 0.25) is 0 Å². The van der Waals surface area contributed by atoms with Gasteiger partial charge in [-0.3, -0.25) is 0 Å². The van der Waals surface area contributed by atoms with E-state index in [-0.39, 0.29) is 5.92 Å². The molecule has 0 saturated carbocycles. The summed E-state index contributed by atoms with van der Waals surface area (Å²) in [5.74, 6) is -0.763. The minimum atomic E-state index is -0.966. The van der Waals surface area contributed by atoms with Gasteiger partial charge in [-0.1, -0.05) is 289 Å². The number of rotatable bonds is 53. The second kappa shape index (κ2) is 51.9. The van der Waals surface area contributed by atoms with Crippen LogP contribution in [-0.4, -0.2) is 52.7 Å². The maximum absolute atomic E-state index is 7.08. The average molecular weight is 1010 g/mol. The minimum Gasteiger partial charge on any atom is -0.385 e. The van der Waals surface area contributed by atoms with Gasteiger partial charge in [-0.05, 0) is 80.5 Å². The lowest BCUT2D eigenvalue weighted by Crippen LogP contribution is -2.47. The van der Waals surface area contributed by atoms with E-state index < -0.39 is 5.97 Å². The smallest absolute Gasteiger partial charge is 0.285 e. The summed E-state index contributed by atoms with van der Waals surface area (Å²) >= 11 is 0. The molecule has 0 saturated heterocycles. The molecule has 0 radical (unpaired) electrons. The lowest BCUT2D eigenvalue weighted by molar-refractivity contribution is -0.407. The van der Waals surface area contributed by atoms with Gasteiger partial charge in [0.15, 0.2) is 0 Å². The van der Waals surface area contributed by atoms with Gasteiger partial charge in [-0.2, -0.15) is 0 Å². The van der Waals surface area contributed by atoms with E-state index in [4.69, 9.17) is 23.7 Å². The van der Waals surface area contributed by atoms with Crippen molar-refractivity contribution in [3.05, 3.63) is 0 Å². The van der Waals surface area contributed by atoms with Crippen LogP contribution in [0.4, 0.5) is 0 Å². The molecule has 0 heterocycles. The summed E-state index contributed by atoms with van der Waals surface area (Å²) in [5, 5.41) is 0. The Morgan fingerprint density at radius 2 is 0.535 bits per heavy atom. The Hall–Kier alpha value is -0.200. The highest BCUT2D eigenvalue weighted by molar-refractivity contribution is 4.75. The van der Waals surface area contributed by atoms with Crippen molar-refractivity contribution in [1.29, 1.82) is 0 Å². The number of hydrogen-bond donors (Lipinski definition) is 0. The van der Waals surface area contributed by atoms with Crippen LogP contribution < -0.4 is 0 Å². The van der Waals surface area contributed by atoms with Crippen molar-refractivity contribution in [3.63, 3.8) is 0 Å². The fraction of sp³-hybridized carbons (Fsp3) is 1.00. The predicted molar refractivity (Wildman–Crippen MR) is 316 cm³/mol. The van der Waals surface area contributed by atoms with E-state index in [1.54, 1.807) is 7.11 Å². The second-order valence-corrected chi connectivity index (χ2v) is 26.0. The summed E-state index contributed by atoms with van der Waals surface area (Å²) in [6, 6.07) is 0. The van der Waals surface area contributed by atoms with Crippen molar-refractivity contribution in [3.8, 4) is 0 Å². The highest BCUT2D eigenvalue weighted by atomic mass is 16.9. The first-order valence-corrected chi connectivity index (χ1v) is 32.0. The highest BCUT2D eigenvalue weighted by Crippen LogP contribution is 2.36. The summed E-state index contributed by atoms with van der Waals surface area (Å²) in [4.78, 5) is 0. The van der Waals surface area contributed by atoms with Crippen LogP contribution in [0.25, 0.3) is 0 Å². The summed E-state index contributed by atoms with van der Waals surface area (Å²) in [7, 11) is 1.77. The molecular formula is C66H136O5. The molecule has 0 aromatic heterocycles. The van der Waals surface area contributed by atoms with Crippen molar-refractivity contribution in [1.82, 2.24) is 0 Å². The summed E-state index contributed by atoms with van der Waals surface area (Å²) in [6.45, 7) is 32.6. The van der Waals surface area contributed by atoms with E-state index in [9.17, 15) is 0 Å². The molecule has 0 fully saturated rings. The molecule has 1 unspecified atom stereocenters. The Labute approximate surface area is 449 Å². The van der Waals surface area contributed by atoms with Crippen LogP contribution in [0.3, 0.4) is 0 Å². The van der Waals surface area contributed by atoms with Gasteiger partial charge >= 0.3 is 0 Å². The monoisotopic (exact) mass is 1010 g/mol. The van der Waals surface area contributed by atoms with E-state index in [1.165, 1.54) is 225 Å². The molecule has 0 N–H and O–H groups in total. The van der Waals surface area contributed by atoms with E-state index in [1.807, 2.05) is 0 Å². The van der Waals surface area contributed by atoms with Crippen molar-refractivity contribution < 1.29 is 23.7 Å². The van der Waals surface area contributed by atoms with Gasteiger partial charge in [0, 0.05) is 32.8 Å². The van der Waals surface area contributed by atoms with Gasteiger partial charge < -0.3 is 23.7 Å². The van der Waals surface area contributed by atoms with Crippen LogP contribution >= 0.6 is 0 Å². The molecule has 0 aliphatic heterocycles. The Morgan fingerprint density at radius 1 is 0.268 bits per heavy atom. The minimum absolute atomic E-state index is 0.203. The average Bonchev–Trinajstić information content (AvgIpc) is 3.31. The molecule has 0 spiro atoms. The third-order valence-electron chi connectivity index (χ3n) is 14.5. The number of hydrogen-bond acceptors (Lipinski definition) is 5. The quantitative estimate of drug-likeness (QED) is 0.0449. The SMILES string of the molecule is CCCCCCCCC(CCCOCCCOC)C(OCCCCCCCCCC(C)(C)C)(OCCCCCCCCCC(C)(C)C)OCCCCCCCCCC(C)(C)C.CCCCCCCCCC. The molecule has 0 aliphatic carbocycles. The van der Waals surface area contributed by atoms with Gasteiger partial charge in [-0.15, -0.1) is 0 Å². The van der Waals surface area contributed by atoms with E-state index in [2.05, 4.69) is 83.1 Å². The van der Waals surface area contributed by atoms with Crippen LogP contribution in [0.1, 0.15) is 353 Å². The predicted octanol–water partition coefficient (Wildman–Crippen LogP) is 22.5. The second-order valence-electron chi connectivity index (χ2n) is 26.0. The van der Waals surface area contributed by atoms with Gasteiger partial charge in [0.05, 0.1) is 19.8 Å². The Kier molecular flexibility index (Phi) is 53.3. The van der Waals surface area contributed by atoms with Gasteiger partial charge in [0.1, 0.15) is 0 Å². The number of unbranched alkanes of at least 4 members (excludes halogenated alkanes) is 30. The molecule has 0 aliphatic rings. The molecule has 5 nitrogen and oxygen atoms in total. The van der Waals surface area contributed by atoms with Gasteiger partial charge in [0.2, 0.25) is 0 Å². The lowest BCUT2D eigenvalue weighted by Gasteiger charge is -2.40. The molecule has 0 aromatic rings. The van der Waals surface area contributed by atoms with Crippen molar-refractivity contribution in [2.24, 2.45) is 22.2 Å². The van der Waals surface area contributed by atoms with E-state index in [0.717, 1.165) is 64.8 Å². The third kappa shape index (κ3) is 57.3. The maximum atomic E-state index is 7.08. The van der Waals surface area contributed by atoms with Crippen molar-refractivity contribution in [2.75, 3.05) is 46.8 Å². The van der Waals surface area contributed by atoms with Crippen LogP contribution in [0, 0.1) is 22.2 Å². The first-order valence-electron chi connectivity index (χ1n) is 32.0. The van der Waals surface area contributed by atoms with E-state index >= 15 is 0 Å². The van der Waals surface area contributed by atoms with Crippen LogP contribution in [-0.2, 0) is 23.7 Å². The van der Waals surface area contributed by atoms with Crippen molar-refractivity contribution >= 4 is 0 Å². The van der Waals surface area contributed by atoms with Gasteiger partial charge in [-0.25, -0.2) is 0 Å². The zero-order chi connectivity index (χ0) is 53.1. The Bertz CT molecular complexity index is 915. The molecule has 1 atom stereocenters. The topological polar surface area (TPSA) is 46.2 Å². The summed E-state index contributed by atoms with van der Waals surface area (Å²) in [5.41, 5.74) is 1.36. The molecule has 0 aromatic carbocycles. The van der Waals surface area contributed by atoms with Gasteiger partial charge in [0.25, 0.3) is 5.97 Å². The Balaban J connectivity index is 0. The first kappa shape index (κ1) is 72.9. The maximum Gasteiger partial charge on any atom is 0.285 e. The largest absolute Gasteiger partial charge is 0.385 e. The molecule has 71 heavy (non-hydrogen) atoms. The zero-order valence-corrected chi connectivity index (χ0v) is 51.6. The Morgan fingerprint density at radius 3 is 0.845 bits per heavy atom. The summed E-state index contributed by atoms with van der Waals surface area (Å²) < 4.78 is 32.6. The molecule has 0 bridgehead atoms. The number of ether oxygens (including phenoxy) is 5. The van der Waals surface area contributed by atoms with Crippen LogP contribution in [0.15, 0.2) is 0 Å². The first-order chi connectivity index (χ1) is 34.1. The standard InChI is InChI=1S/C56H114O5.C10H22/c1-12-13-14-15-25-32-41-52(42-39-47-58-48-40-46-57-11)56(59-49-36-29-22-16-19-26-33-43-53(2,3)4,60-50-37-30-23-17-20-27-34-44-54(5,6)7)61-51-38-31-24-18-21-28-35-45-55(8,9)10;1-3-5-7-9-10-8-6-4-2/h52H,12-51H2,1-11H3;3-10H2,1-2H3.